The highest BCUT2D eigenvalue weighted by Gasteiger charge is 2.45. The molecule has 0 radical (unpaired) electrons. The average molecular weight is 467 g/mol. The van der Waals surface area contributed by atoms with Gasteiger partial charge in [-0.15, -0.1) is 0 Å². The van der Waals surface area contributed by atoms with Crippen LogP contribution in [-0.4, -0.2) is 20.5 Å². The minimum Gasteiger partial charge on any atom is -0.487 e. The normalized spacial score (nSPS) is 11.2. The molecular weight excluding hydrogens is 444 g/mol. The summed E-state index contributed by atoms with van der Waals surface area (Å²) in [4.78, 5) is 24.9. The van der Waals surface area contributed by atoms with E-state index in [2.05, 4.69) is 10.2 Å². The van der Waals surface area contributed by atoms with Crippen LogP contribution in [0.15, 0.2) is 132 Å². The number of benzene rings is 4. The quantitative estimate of drug-likeness (QED) is 0.237. The van der Waals surface area contributed by atoms with E-state index in [1.54, 1.807) is 0 Å². The summed E-state index contributed by atoms with van der Waals surface area (Å²) in [6.45, 7) is 0.0322. The van der Waals surface area contributed by atoms with Gasteiger partial charge in [-0.1, -0.05) is 132 Å². The fourth-order valence-electron chi connectivity index (χ4n) is 3.68. The molecule has 0 saturated carbocycles. The van der Waals surface area contributed by atoms with Crippen LogP contribution in [0.25, 0.3) is 0 Å². The smallest absolute Gasteiger partial charge is 0.452 e. The van der Waals surface area contributed by atoms with Crippen molar-refractivity contribution in [2.24, 2.45) is 10.2 Å². The molecule has 6 nitrogen and oxygen atoms in total. The van der Waals surface area contributed by atoms with Crippen molar-refractivity contribution in [1.82, 2.24) is 0 Å². The summed E-state index contributed by atoms with van der Waals surface area (Å²) in [5.41, 5.74) is 0.803. The SMILES string of the molecule is O=C(/N=N/C(=O)O[Si](c1ccccc1)(c1ccccc1)c1ccccc1)OCc1ccccc1. The Morgan fingerprint density at radius 3 is 1.38 bits per heavy atom. The van der Waals surface area contributed by atoms with Gasteiger partial charge in [0.15, 0.2) is 0 Å². The van der Waals surface area contributed by atoms with Crippen molar-refractivity contribution in [3.05, 3.63) is 127 Å². The minimum atomic E-state index is -3.29. The molecule has 0 aliphatic heterocycles. The molecule has 0 aromatic heterocycles. The van der Waals surface area contributed by atoms with Gasteiger partial charge in [0.1, 0.15) is 6.61 Å². The molecule has 0 aliphatic carbocycles. The average Bonchev–Trinajstić information content (AvgIpc) is 2.91. The Bertz CT molecular complexity index is 1150. The maximum Gasteiger partial charge on any atom is 0.452 e. The largest absolute Gasteiger partial charge is 0.487 e. The number of hydrogen-bond acceptors (Lipinski definition) is 4. The molecule has 168 valence electrons. The van der Waals surface area contributed by atoms with E-state index < -0.39 is 20.5 Å². The van der Waals surface area contributed by atoms with Crippen molar-refractivity contribution in [2.45, 2.75) is 6.61 Å². The lowest BCUT2D eigenvalue weighted by Gasteiger charge is -2.31. The monoisotopic (exact) mass is 466 g/mol. The van der Waals surface area contributed by atoms with Gasteiger partial charge in [0.05, 0.1) is 0 Å². The van der Waals surface area contributed by atoms with E-state index in [4.69, 9.17) is 9.16 Å². The lowest BCUT2D eigenvalue weighted by atomic mass is 10.2. The zero-order chi connectivity index (χ0) is 23.6. The highest BCUT2D eigenvalue weighted by atomic mass is 28.4. The van der Waals surface area contributed by atoms with Crippen molar-refractivity contribution in [2.75, 3.05) is 0 Å². The minimum absolute atomic E-state index is 0.0322. The summed E-state index contributed by atoms with van der Waals surface area (Å²) in [7, 11) is -3.29. The fourth-order valence-corrected chi connectivity index (χ4v) is 7.32. The van der Waals surface area contributed by atoms with E-state index in [-0.39, 0.29) is 6.61 Å². The highest BCUT2D eigenvalue weighted by Crippen LogP contribution is 2.11. The molecule has 0 atom stereocenters. The summed E-state index contributed by atoms with van der Waals surface area (Å²) in [5, 5.41) is 9.53. The summed E-state index contributed by atoms with van der Waals surface area (Å²) in [5.74, 6) is 0. The van der Waals surface area contributed by atoms with Gasteiger partial charge in [-0.05, 0) is 21.1 Å². The van der Waals surface area contributed by atoms with E-state index in [0.717, 1.165) is 21.1 Å². The second kappa shape index (κ2) is 11.0. The second-order valence-electron chi connectivity index (χ2n) is 7.39. The van der Waals surface area contributed by atoms with Gasteiger partial charge < -0.3 is 9.16 Å². The van der Waals surface area contributed by atoms with Crippen LogP contribution in [0.1, 0.15) is 5.56 Å². The predicted molar refractivity (Wildman–Crippen MR) is 132 cm³/mol. The first-order chi connectivity index (χ1) is 16.7. The molecule has 0 heterocycles. The molecule has 0 fully saturated rings. The number of carbonyl (C=O) groups is 2. The summed E-state index contributed by atoms with van der Waals surface area (Å²) in [6.07, 6.45) is -1.92. The van der Waals surface area contributed by atoms with Crippen LogP contribution in [0.2, 0.25) is 0 Å². The van der Waals surface area contributed by atoms with Crippen LogP contribution < -0.4 is 15.6 Å². The van der Waals surface area contributed by atoms with E-state index >= 15 is 0 Å². The van der Waals surface area contributed by atoms with Crippen LogP contribution in [0, 0.1) is 0 Å². The first-order valence-electron chi connectivity index (χ1n) is 10.7. The number of ether oxygens (including phenoxy) is 1. The first kappa shape index (κ1) is 22.8. The summed E-state index contributed by atoms with van der Waals surface area (Å²) >= 11 is 0. The van der Waals surface area contributed by atoms with Gasteiger partial charge in [-0.3, -0.25) is 0 Å². The molecule has 0 saturated heterocycles. The Labute approximate surface area is 198 Å². The second-order valence-corrected chi connectivity index (χ2v) is 10.7. The van der Waals surface area contributed by atoms with Gasteiger partial charge in [-0.25, -0.2) is 9.59 Å². The Morgan fingerprint density at radius 2 is 0.941 bits per heavy atom. The molecule has 0 unspecified atom stereocenters. The van der Waals surface area contributed by atoms with Crippen LogP contribution in [-0.2, 0) is 15.8 Å². The van der Waals surface area contributed by atoms with Crippen LogP contribution in [0.3, 0.4) is 0 Å². The fraction of sp³-hybridized carbons (Fsp3) is 0.0370. The third kappa shape index (κ3) is 5.33. The zero-order valence-electron chi connectivity index (χ0n) is 18.3. The molecule has 4 aromatic carbocycles. The molecule has 0 bridgehead atoms. The van der Waals surface area contributed by atoms with Gasteiger partial charge >= 0.3 is 20.5 Å². The van der Waals surface area contributed by atoms with Crippen molar-refractivity contribution < 1.29 is 18.8 Å². The van der Waals surface area contributed by atoms with Crippen LogP contribution >= 0.6 is 0 Å². The molecule has 2 amide bonds. The maximum atomic E-state index is 12.9. The third-order valence-corrected chi connectivity index (χ3v) is 9.12. The number of hydrogen-bond donors (Lipinski definition) is 0. The van der Waals surface area contributed by atoms with E-state index in [1.807, 2.05) is 121 Å². The number of azo groups is 1. The molecular formula is C27H22N2O4Si. The Hall–Kier alpha value is -4.36. The Kier molecular flexibility index (Phi) is 7.37. The van der Waals surface area contributed by atoms with Crippen molar-refractivity contribution in [1.29, 1.82) is 0 Å². The molecule has 7 heteroatoms. The molecule has 34 heavy (non-hydrogen) atoms. The Morgan fingerprint density at radius 1 is 0.559 bits per heavy atom. The number of nitrogens with zero attached hydrogens (tertiary/aromatic N) is 2. The topological polar surface area (TPSA) is 77.3 Å². The zero-order valence-corrected chi connectivity index (χ0v) is 19.3. The predicted octanol–water partition coefficient (Wildman–Crippen LogP) is 4.58. The van der Waals surface area contributed by atoms with Crippen LogP contribution in [0.4, 0.5) is 9.59 Å². The van der Waals surface area contributed by atoms with E-state index in [9.17, 15) is 9.59 Å². The first-order valence-corrected chi connectivity index (χ1v) is 12.6. The molecule has 4 rings (SSSR count). The highest BCUT2D eigenvalue weighted by molar-refractivity contribution is 7.07. The maximum absolute atomic E-state index is 12.9. The molecule has 4 aromatic rings. The number of amides is 2. The van der Waals surface area contributed by atoms with Crippen molar-refractivity contribution in [3.63, 3.8) is 0 Å². The lowest BCUT2D eigenvalue weighted by molar-refractivity contribution is 0.148. The summed E-state index contributed by atoms with van der Waals surface area (Å²) in [6, 6.07) is 37.9. The standard InChI is InChI=1S/C27H22N2O4Si/c30-26(32-21-22-13-5-1-6-14-22)28-29-27(31)33-34(23-15-7-2-8-16-23,24-17-9-3-10-18-24)25-19-11-4-12-20-25/h1-20H,21H2/b29-28+. The molecule has 0 spiro atoms. The molecule has 0 N–H and O–H groups in total. The van der Waals surface area contributed by atoms with Gasteiger partial charge in [0.25, 0.3) is 0 Å². The summed E-state index contributed by atoms with van der Waals surface area (Å²) < 4.78 is 11.2. The van der Waals surface area contributed by atoms with Gasteiger partial charge in [0.2, 0.25) is 0 Å². The Balaban J connectivity index is 1.63. The molecule has 0 aliphatic rings. The van der Waals surface area contributed by atoms with Crippen LogP contribution in [0.5, 0.6) is 0 Å². The van der Waals surface area contributed by atoms with Crippen molar-refractivity contribution in [3.8, 4) is 0 Å². The van der Waals surface area contributed by atoms with E-state index in [0.29, 0.717) is 0 Å². The van der Waals surface area contributed by atoms with E-state index in [1.165, 1.54) is 0 Å². The lowest BCUT2D eigenvalue weighted by Crippen LogP contribution is -2.69. The van der Waals surface area contributed by atoms with Gasteiger partial charge in [-0.2, -0.15) is 0 Å². The number of rotatable bonds is 6. The number of carbonyl (C=O) groups excluding carboxylic acids is 2. The third-order valence-electron chi connectivity index (χ3n) is 5.20. The van der Waals surface area contributed by atoms with Crippen molar-refractivity contribution >= 4 is 36.1 Å². The van der Waals surface area contributed by atoms with Gasteiger partial charge in [0, 0.05) is 0 Å².